The van der Waals surface area contributed by atoms with Crippen LogP contribution in [0.2, 0.25) is 5.02 Å². The Hall–Kier alpha value is -3.22. The van der Waals surface area contributed by atoms with Crippen LogP contribution >= 0.6 is 11.6 Å². The number of fused-ring (bicyclic) bond motifs is 1. The van der Waals surface area contributed by atoms with Crippen LogP contribution in [-0.4, -0.2) is 17.2 Å². The Morgan fingerprint density at radius 1 is 1.09 bits per heavy atom. The molecule has 7 heteroatoms. The average molecular weight is 451 g/mol. The van der Waals surface area contributed by atoms with Gasteiger partial charge in [-0.25, -0.2) is 4.79 Å². The zero-order chi connectivity index (χ0) is 22.9. The molecule has 1 aliphatic rings. The van der Waals surface area contributed by atoms with Crippen LogP contribution in [-0.2, 0) is 6.61 Å². The quantitative estimate of drug-likeness (QED) is 0.430. The normalized spacial score (nSPS) is 16.0. The number of aliphatic hydroxyl groups excluding tert-OH is 1. The van der Waals surface area contributed by atoms with Crippen LogP contribution in [0.4, 0.5) is 16.2 Å². The van der Waals surface area contributed by atoms with E-state index in [1.54, 1.807) is 24.3 Å². The molecule has 1 atom stereocenters. The Morgan fingerprint density at radius 2 is 1.81 bits per heavy atom. The van der Waals surface area contributed by atoms with E-state index in [0.29, 0.717) is 16.5 Å². The summed E-state index contributed by atoms with van der Waals surface area (Å²) < 4.78 is 0. The molecule has 166 valence electrons. The second-order valence-electron chi connectivity index (χ2n) is 8.94. The number of hydrazine groups is 1. The van der Waals surface area contributed by atoms with Gasteiger partial charge in [-0.1, -0.05) is 56.6 Å². The van der Waals surface area contributed by atoms with Crippen molar-refractivity contribution in [1.29, 1.82) is 0 Å². The van der Waals surface area contributed by atoms with Gasteiger partial charge in [0.1, 0.15) is 5.82 Å². The monoisotopic (exact) mass is 450 g/mol. The SMILES string of the molecule is CC(C)(C)C1C=C(NC(=O)Nc2ccc(Cl)cc2)NN1c1cc(CO)c2ccccc2c1. The number of rotatable bonds is 4. The Kier molecular flexibility index (Phi) is 6.00. The van der Waals surface area contributed by atoms with Crippen LogP contribution in [0, 0.1) is 5.41 Å². The summed E-state index contributed by atoms with van der Waals surface area (Å²) in [5.74, 6) is 0.593. The van der Waals surface area contributed by atoms with Gasteiger partial charge in [0.15, 0.2) is 0 Å². The summed E-state index contributed by atoms with van der Waals surface area (Å²) in [7, 11) is 0. The highest BCUT2D eigenvalue weighted by Gasteiger charge is 2.35. The summed E-state index contributed by atoms with van der Waals surface area (Å²) in [6.45, 7) is 6.39. The minimum atomic E-state index is -0.352. The van der Waals surface area contributed by atoms with Gasteiger partial charge in [0.05, 0.1) is 18.3 Å². The van der Waals surface area contributed by atoms with Crippen molar-refractivity contribution in [3.63, 3.8) is 0 Å². The molecule has 1 heterocycles. The van der Waals surface area contributed by atoms with Gasteiger partial charge in [-0.3, -0.25) is 15.8 Å². The predicted molar refractivity (Wildman–Crippen MR) is 130 cm³/mol. The molecule has 0 spiro atoms. The van der Waals surface area contributed by atoms with Crippen molar-refractivity contribution < 1.29 is 9.90 Å². The number of benzene rings is 3. The fourth-order valence-corrected chi connectivity index (χ4v) is 3.99. The molecule has 4 rings (SSSR count). The number of carbonyl (C=O) groups excluding carboxylic acids is 1. The lowest BCUT2D eigenvalue weighted by Crippen LogP contribution is -2.47. The molecule has 2 amide bonds. The van der Waals surface area contributed by atoms with Crippen LogP contribution in [0.1, 0.15) is 26.3 Å². The molecule has 0 radical (unpaired) electrons. The van der Waals surface area contributed by atoms with Gasteiger partial charge >= 0.3 is 6.03 Å². The molecule has 6 nitrogen and oxygen atoms in total. The van der Waals surface area contributed by atoms with Crippen molar-refractivity contribution in [1.82, 2.24) is 10.7 Å². The summed E-state index contributed by atoms with van der Waals surface area (Å²) in [5.41, 5.74) is 5.63. The number of nitrogens with zero attached hydrogens (tertiary/aromatic N) is 1. The van der Waals surface area contributed by atoms with Crippen molar-refractivity contribution in [2.45, 2.75) is 33.4 Å². The van der Waals surface area contributed by atoms with E-state index in [-0.39, 0.29) is 24.1 Å². The lowest BCUT2D eigenvalue weighted by Gasteiger charge is -2.35. The van der Waals surface area contributed by atoms with E-state index in [1.807, 2.05) is 41.4 Å². The van der Waals surface area contributed by atoms with Crippen molar-refractivity contribution in [2.24, 2.45) is 5.41 Å². The van der Waals surface area contributed by atoms with E-state index < -0.39 is 0 Å². The van der Waals surface area contributed by atoms with Crippen LogP contribution in [0.25, 0.3) is 10.8 Å². The molecule has 32 heavy (non-hydrogen) atoms. The first-order valence-electron chi connectivity index (χ1n) is 10.5. The molecule has 4 N–H and O–H groups in total. The fraction of sp³-hybridized carbons (Fsp3) is 0.240. The Balaban J connectivity index is 1.58. The molecule has 0 aromatic heterocycles. The molecule has 0 saturated carbocycles. The Bertz CT molecular complexity index is 1170. The summed E-state index contributed by atoms with van der Waals surface area (Å²) in [4.78, 5) is 12.5. The average Bonchev–Trinajstić information content (AvgIpc) is 3.19. The van der Waals surface area contributed by atoms with E-state index in [1.165, 1.54) is 0 Å². The Morgan fingerprint density at radius 3 is 2.50 bits per heavy atom. The third-order valence-electron chi connectivity index (χ3n) is 5.46. The smallest absolute Gasteiger partial charge is 0.324 e. The summed E-state index contributed by atoms with van der Waals surface area (Å²) >= 11 is 5.91. The summed E-state index contributed by atoms with van der Waals surface area (Å²) in [5, 5.41) is 20.3. The van der Waals surface area contributed by atoms with E-state index >= 15 is 0 Å². The van der Waals surface area contributed by atoms with E-state index in [0.717, 1.165) is 22.0 Å². The largest absolute Gasteiger partial charge is 0.392 e. The molecule has 0 bridgehead atoms. The topological polar surface area (TPSA) is 76.6 Å². The van der Waals surface area contributed by atoms with Crippen LogP contribution < -0.4 is 21.1 Å². The Labute approximate surface area is 192 Å². The van der Waals surface area contributed by atoms with Gasteiger partial charge in [-0.05, 0) is 64.2 Å². The highest BCUT2D eigenvalue weighted by atomic mass is 35.5. The molecule has 3 aromatic carbocycles. The maximum absolute atomic E-state index is 12.5. The molecule has 0 saturated heterocycles. The number of hydrogen-bond donors (Lipinski definition) is 4. The van der Waals surface area contributed by atoms with Crippen LogP contribution in [0.15, 0.2) is 72.6 Å². The zero-order valence-electron chi connectivity index (χ0n) is 18.3. The molecule has 3 aromatic rings. The van der Waals surface area contributed by atoms with Gasteiger partial charge in [-0.2, -0.15) is 0 Å². The van der Waals surface area contributed by atoms with Gasteiger partial charge in [0, 0.05) is 10.7 Å². The number of halogens is 1. The second-order valence-corrected chi connectivity index (χ2v) is 9.38. The number of carbonyl (C=O) groups is 1. The van der Waals surface area contributed by atoms with E-state index in [9.17, 15) is 9.90 Å². The molecular formula is C25H27ClN4O2. The highest BCUT2D eigenvalue weighted by Crippen LogP contribution is 2.35. The van der Waals surface area contributed by atoms with Crippen molar-refractivity contribution in [3.05, 3.63) is 83.1 Å². The fourth-order valence-electron chi connectivity index (χ4n) is 3.86. The first kappa shape index (κ1) is 22.0. The van der Waals surface area contributed by atoms with Gasteiger partial charge in [0.2, 0.25) is 0 Å². The van der Waals surface area contributed by atoms with E-state index in [4.69, 9.17) is 11.6 Å². The predicted octanol–water partition coefficient (Wildman–Crippen LogP) is 5.39. The van der Waals surface area contributed by atoms with Gasteiger partial charge < -0.3 is 10.4 Å². The van der Waals surface area contributed by atoms with Gasteiger partial charge in [0.25, 0.3) is 0 Å². The second kappa shape index (κ2) is 8.73. The number of hydrogen-bond acceptors (Lipinski definition) is 4. The zero-order valence-corrected chi connectivity index (χ0v) is 19.1. The van der Waals surface area contributed by atoms with Crippen LogP contribution in [0.3, 0.4) is 0 Å². The molecule has 0 fully saturated rings. The number of nitrogens with one attached hydrogen (secondary N) is 3. The van der Waals surface area contributed by atoms with Crippen molar-refractivity contribution in [3.8, 4) is 0 Å². The first-order chi connectivity index (χ1) is 15.2. The minimum absolute atomic E-state index is 0.0268. The highest BCUT2D eigenvalue weighted by molar-refractivity contribution is 6.30. The van der Waals surface area contributed by atoms with Crippen LogP contribution in [0.5, 0.6) is 0 Å². The van der Waals surface area contributed by atoms with Gasteiger partial charge in [-0.15, -0.1) is 0 Å². The van der Waals surface area contributed by atoms with E-state index in [2.05, 4.69) is 42.9 Å². The molecule has 0 aliphatic carbocycles. The minimum Gasteiger partial charge on any atom is -0.392 e. The maximum Gasteiger partial charge on any atom is 0.324 e. The van der Waals surface area contributed by atoms with Crippen molar-refractivity contribution in [2.75, 3.05) is 10.3 Å². The number of amides is 2. The first-order valence-corrected chi connectivity index (χ1v) is 10.9. The maximum atomic E-state index is 12.5. The van der Waals surface area contributed by atoms with Crippen molar-refractivity contribution >= 4 is 39.8 Å². The standard InChI is InChI=1S/C25H27ClN4O2/c1-25(2,3)22-14-23(28-24(32)27-19-10-8-18(26)9-11-19)29-30(22)20-12-16-6-4-5-7-21(16)17(13-20)15-31/h4-14,22,29,31H,15H2,1-3H3,(H2,27,28,32). The molecule has 1 aliphatic heterocycles. The number of urea groups is 1. The third kappa shape index (κ3) is 4.66. The number of aliphatic hydroxyl groups is 1. The summed E-state index contributed by atoms with van der Waals surface area (Å²) in [6.07, 6.45) is 2.01. The summed E-state index contributed by atoms with van der Waals surface area (Å²) in [6, 6.07) is 18.6. The molecular weight excluding hydrogens is 424 g/mol. The lowest BCUT2D eigenvalue weighted by molar-refractivity contribution is 0.254. The molecule has 1 unspecified atom stereocenters. The lowest BCUT2D eigenvalue weighted by atomic mass is 9.86. The third-order valence-corrected chi connectivity index (χ3v) is 5.71. The number of anilines is 2.